The molecule has 2 atom stereocenters. The molecule has 1 saturated heterocycles. The van der Waals surface area contributed by atoms with Crippen molar-refractivity contribution in [2.24, 2.45) is 0 Å². The molecule has 0 saturated carbocycles. The third kappa shape index (κ3) is 3.27. The first-order valence-electron chi connectivity index (χ1n) is 6.12. The number of sulfonamides is 1. The van der Waals surface area contributed by atoms with Gasteiger partial charge in [-0.15, -0.1) is 0 Å². The molecule has 0 aromatic heterocycles. The van der Waals surface area contributed by atoms with Gasteiger partial charge in [-0.2, -0.15) is 4.72 Å². The van der Waals surface area contributed by atoms with Gasteiger partial charge in [0.15, 0.2) is 0 Å². The van der Waals surface area contributed by atoms with Gasteiger partial charge in [0.25, 0.3) is 0 Å². The lowest BCUT2D eigenvalue weighted by Crippen LogP contribution is -2.59. The van der Waals surface area contributed by atoms with Crippen molar-refractivity contribution in [3.05, 3.63) is 24.3 Å². The van der Waals surface area contributed by atoms with Crippen molar-refractivity contribution in [3.8, 4) is 0 Å². The second-order valence-electron chi connectivity index (χ2n) is 5.05. The number of nitrogens with two attached hydrogens (primary N) is 1. The van der Waals surface area contributed by atoms with Crippen molar-refractivity contribution in [2.75, 3.05) is 5.73 Å². The maximum atomic E-state index is 12.2. The highest BCUT2D eigenvalue weighted by Crippen LogP contribution is 2.19. The molecule has 20 heavy (non-hydrogen) atoms. The Bertz CT molecular complexity index is 627. The van der Waals surface area contributed by atoms with Crippen molar-refractivity contribution in [3.63, 3.8) is 0 Å². The lowest BCUT2D eigenvalue weighted by molar-refractivity contribution is -0.134. The van der Waals surface area contributed by atoms with Gasteiger partial charge >= 0.3 is 0 Å². The minimum Gasteiger partial charge on any atom is -0.399 e. The molecule has 1 heterocycles. The lowest BCUT2D eigenvalue weighted by atomic mass is 9.99. The Morgan fingerprint density at radius 3 is 2.80 bits per heavy atom. The Hall–Kier alpha value is -1.64. The summed E-state index contributed by atoms with van der Waals surface area (Å²) in [4.78, 5) is 11.8. The van der Waals surface area contributed by atoms with Crippen LogP contribution in [-0.2, 0) is 14.8 Å². The van der Waals surface area contributed by atoms with Crippen LogP contribution in [-0.4, -0.2) is 31.2 Å². The molecule has 0 radical (unpaired) electrons. The highest BCUT2D eigenvalue weighted by atomic mass is 32.2. The number of nitrogen functional groups attached to an aromatic ring is 1. The summed E-state index contributed by atoms with van der Waals surface area (Å²) < 4.78 is 26.6. The highest BCUT2D eigenvalue weighted by molar-refractivity contribution is 7.89. The van der Waals surface area contributed by atoms with Gasteiger partial charge < -0.3 is 16.2 Å². The molecule has 0 bridgehead atoms. The fraction of sp³-hybridized carbons (Fsp3) is 0.417. The number of carbonyl (C=O) groups excluding carboxylic acids is 1. The summed E-state index contributed by atoms with van der Waals surface area (Å²) in [5, 5.41) is 12.0. The van der Waals surface area contributed by atoms with E-state index in [4.69, 9.17) is 5.73 Å². The zero-order valence-corrected chi connectivity index (χ0v) is 11.8. The third-order valence-electron chi connectivity index (χ3n) is 3.09. The summed E-state index contributed by atoms with van der Waals surface area (Å²) in [6, 6.07) is 4.91. The molecule has 1 fully saturated rings. The number of hydrogen-bond acceptors (Lipinski definition) is 5. The van der Waals surface area contributed by atoms with Gasteiger partial charge in [0.1, 0.15) is 11.8 Å². The van der Waals surface area contributed by atoms with Crippen LogP contribution in [0.15, 0.2) is 29.2 Å². The molecule has 5 N–H and O–H groups in total. The monoisotopic (exact) mass is 299 g/mol. The molecule has 8 heteroatoms. The zero-order valence-electron chi connectivity index (χ0n) is 11.0. The standard InChI is InChI=1S/C12H17N3O4S/c1-12(17)6-5-10(11(16)14-12)15-20(18,19)9-4-2-3-8(13)7-9/h2-4,7,10,15,17H,5-6,13H2,1H3,(H,14,16). The number of nitrogens with one attached hydrogen (secondary N) is 2. The summed E-state index contributed by atoms with van der Waals surface area (Å²) in [6.45, 7) is 1.47. The van der Waals surface area contributed by atoms with Gasteiger partial charge in [-0.05, 0) is 38.0 Å². The minimum atomic E-state index is -3.83. The second kappa shape index (κ2) is 5.04. The maximum Gasteiger partial charge on any atom is 0.241 e. The van der Waals surface area contributed by atoms with Gasteiger partial charge in [0.2, 0.25) is 15.9 Å². The minimum absolute atomic E-state index is 0.00244. The van der Waals surface area contributed by atoms with E-state index >= 15 is 0 Å². The van der Waals surface area contributed by atoms with Crippen molar-refractivity contribution in [1.82, 2.24) is 10.0 Å². The molecule has 110 valence electrons. The van der Waals surface area contributed by atoms with Crippen LogP contribution in [0.1, 0.15) is 19.8 Å². The molecular formula is C12H17N3O4S. The van der Waals surface area contributed by atoms with E-state index in [2.05, 4.69) is 10.0 Å². The Morgan fingerprint density at radius 2 is 2.20 bits per heavy atom. The van der Waals surface area contributed by atoms with Crippen LogP contribution in [0.2, 0.25) is 0 Å². The Morgan fingerprint density at radius 1 is 1.50 bits per heavy atom. The van der Waals surface area contributed by atoms with E-state index < -0.39 is 27.7 Å². The topological polar surface area (TPSA) is 122 Å². The van der Waals surface area contributed by atoms with E-state index in [9.17, 15) is 18.3 Å². The number of benzene rings is 1. The first kappa shape index (κ1) is 14.8. The number of amides is 1. The summed E-state index contributed by atoms with van der Waals surface area (Å²) in [5.74, 6) is -0.547. The molecular weight excluding hydrogens is 282 g/mol. The molecule has 1 aliphatic rings. The van der Waals surface area contributed by atoms with Crippen LogP contribution in [0.3, 0.4) is 0 Å². The zero-order chi connectivity index (χ0) is 15.0. The van der Waals surface area contributed by atoms with Gasteiger partial charge in [0, 0.05) is 5.69 Å². The second-order valence-corrected chi connectivity index (χ2v) is 6.76. The maximum absolute atomic E-state index is 12.2. The van der Waals surface area contributed by atoms with Crippen molar-refractivity contribution in [1.29, 1.82) is 0 Å². The van der Waals surface area contributed by atoms with Gasteiger partial charge in [-0.25, -0.2) is 8.42 Å². The molecule has 1 aromatic rings. The predicted octanol–water partition coefficient (Wildman–Crippen LogP) is -0.466. The predicted molar refractivity (Wildman–Crippen MR) is 73.0 cm³/mol. The lowest BCUT2D eigenvalue weighted by Gasteiger charge is -2.33. The largest absolute Gasteiger partial charge is 0.399 e. The number of piperidine rings is 1. The van der Waals surface area contributed by atoms with Crippen LogP contribution in [0.5, 0.6) is 0 Å². The van der Waals surface area contributed by atoms with Crippen molar-refractivity contribution in [2.45, 2.75) is 36.4 Å². The van der Waals surface area contributed by atoms with Crippen molar-refractivity contribution < 1.29 is 18.3 Å². The molecule has 2 rings (SSSR count). The first-order valence-corrected chi connectivity index (χ1v) is 7.60. The number of hydrogen-bond donors (Lipinski definition) is 4. The first-order chi connectivity index (χ1) is 9.20. The van der Waals surface area contributed by atoms with Crippen LogP contribution < -0.4 is 15.8 Å². The average molecular weight is 299 g/mol. The molecule has 2 unspecified atom stereocenters. The van der Waals surface area contributed by atoms with Crippen LogP contribution >= 0.6 is 0 Å². The van der Waals surface area contributed by atoms with E-state index in [1.165, 1.54) is 25.1 Å². The highest BCUT2D eigenvalue weighted by Gasteiger charge is 2.36. The molecule has 7 nitrogen and oxygen atoms in total. The smallest absolute Gasteiger partial charge is 0.241 e. The molecule has 1 aromatic carbocycles. The summed E-state index contributed by atoms with van der Waals surface area (Å²) in [6.07, 6.45) is 0.489. The van der Waals surface area contributed by atoms with Gasteiger partial charge in [0.05, 0.1) is 4.90 Å². The SMILES string of the molecule is CC1(O)CCC(NS(=O)(=O)c2cccc(N)c2)C(=O)N1. The summed E-state index contributed by atoms with van der Waals surface area (Å²) in [7, 11) is -3.83. The van der Waals surface area contributed by atoms with E-state index in [0.29, 0.717) is 5.69 Å². The summed E-state index contributed by atoms with van der Waals surface area (Å²) in [5.41, 5.74) is 4.57. The fourth-order valence-electron chi connectivity index (χ4n) is 2.02. The van der Waals surface area contributed by atoms with Crippen LogP contribution in [0.25, 0.3) is 0 Å². The fourth-order valence-corrected chi connectivity index (χ4v) is 3.31. The Balaban J connectivity index is 2.16. The molecule has 1 amide bonds. The number of aliphatic hydroxyl groups is 1. The van der Waals surface area contributed by atoms with Crippen molar-refractivity contribution >= 4 is 21.6 Å². The summed E-state index contributed by atoms with van der Waals surface area (Å²) >= 11 is 0. The molecule has 0 aliphatic carbocycles. The van der Waals surface area contributed by atoms with E-state index in [1.807, 2.05) is 0 Å². The van der Waals surface area contributed by atoms with Crippen LogP contribution in [0.4, 0.5) is 5.69 Å². The van der Waals surface area contributed by atoms with Crippen LogP contribution in [0, 0.1) is 0 Å². The number of anilines is 1. The van der Waals surface area contributed by atoms with E-state index in [1.54, 1.807) is 6.07 Å². The molecule has 1 aliphatic heterocycles. The van der Waals surface area contributed by atoms with Gasteiger partial charge in [-0.3, -0.25) is 4.79 Å². The van der Waals surface area contributed by atoms with E-state index in [-0.39, 0.29) is 17.7 Å². The normalized spacial score (nSPS) is 27.1. The Labute approximate surface area is 117 Å². The molecule has 0 spiro atoms. The average Bonchev–Trinajstić information content (AvgIpc) is 2.32. The third-order valence-corrected chi connectivity index (χ3v) is 4.56. The van der Waals surface area contributed by atoms with E-state index in [0.717, 1.165) is 0 Å². The quantitative estimate of drug-likeness (QED) is 0.562. The number of carbonyl (C=O) groups is 1. The number of rotatable bonds is 3. The van der Waals surface area contributed by atoms with Gasteiger partial charge in [-0.1, -0.05) is 6.07 Å². The Kier molecular flexibility index (Phi) is 3.72.